The maximum absolute atomic E-state index is 13.6. The minimum Gasteiger partial charge on any atom is -0.475 e. The standard InChI is InChI=1S/C12H8ClF2NO3/c1-12(14,15)10-6(3-2-4-7(10)13)8-5-9(11(17)18)19-16-8/h2-5H,1H3,(H,17,18). The van der Waals surface area contributed by atoms with E-state index in [1.54, 1.807) is 0 Å². The fraction of sp³-hybridized carbons (Fsp3) is 0.167. The first-order chi connectivity index (χ1) is 8.80. The summed E-state index contributed by atoms with van der Waals surface area (Å²) in [5, 5.41) is 12.1. The average Bonchev–Trinajstić information content (AvgIpc) is 2.75. The summed E-state index contributed by atoms with van der Waals surface area (Å²) in [5.74, 6) is -4.94. The first kappa shape index (κ1) is 13.5. The lowest BCUT2D eigenvalue weighted by molar-refractivity contribution is 0.0181. The number of carboxylic acid groups (broad SMARTS) is 1. The third kappa shape index (κ3) is 2.58. The van der Waals surface area contributed by atoms with Crippen molar-refractivity contribution in [3.63, 3.8) is 0 Å². The largest absolute Gasteiger partial charge is 0.475 e. The number of halogens is 3. The predicted molar refractivity (Wildman–Crippen MR) is 63.5 cm³/mol. The number of benzene rings is 1. The first-order valence-electron chi connectivity index (χ1n) is 5.18. The van der Waals surface area contributed by atoms with E-state index in [0.717, 1.165) is 6.07 Å². The number of nitrogens with zero attached hydrogens (tertiary/aromatic N) is 1. The van der Waals surface area contributed by atoms with Gasteiger partial charge in [0, 0.05) is 24.1 Å². The second-order valence-corrected chi connectivity index (χ2v) is 4.34. The number of hydrogen-bond donors (Lipinski definition) is 1. The summed E-state index contributed by atoms with van der Waals surface area (Å²) in [6.07, 6.45) is 0. The van der Waals surface area contributed by atoms with Crippen molar-refractivity contribution >= 4 is 17.6 Å². The number of aromatic carboxylic acids is 1. The van der Waals surface area contributed by atoms with Crippen molar-refractivity contribution in [2.24, 2.45) is 0 Å². The Bertz CT molecular complexity index is 634. The van der Waals surface area contributed by atoms with Gasteiger partial charge in [-0.25, -0.2) is 13.6 Å². The molecule has 0 atom stereocenters. The van der Waals surface area contributed by atoms with Crippen LogP contribution in [0.15, 0.2) is 28.8 Å². The number of rotatable bonds is 3. The maximum atomic E-state index is 13.6. The van der Waals surface area contributed by atoms with Gasteiger partial charge in [0.15, 0.2) is 0 Å². The van der Waals surface area contributed by atoms with Crippen LogP contribution in [0.3, 0.4) is 0 Å². The number of alkyl halides is 2. The van der Waals surface area contributed by atoms with Gasteiger partial charge in [-0.15, -0.1) is 0 Å². The molecule has 19 heavy (non-hydrogen) atoms. The summed E-state index contributed by atoms with van der Waals surface area (Å²) in [6, 6.07) is 5.25. The zero-order valence-electron chi connectivity index (χ0n) is 9.65. The lowest BCUT2D eigenvalue weighted by atomic mass is 10.00. The lowest BCUT2D eigenvalue weighted by Gasteiger charge is -2.15. The van der Waals surface area contributed by atoms with E-state index in [2.05, 4.69) is 9.68 Å². The SMILES string of the molecule is CC(F)(F)c1c(Cl)cccc1-c1cc(C(=O)O)on1. The molecule has 1 aromatic carbocycles. The molecule has 0 bridgehead atoms. The van der Waals surface area contributed by atoms with Crippen LogP contribution in [-0.2, 0) is 5.92 Å². The molecule has 0 unspecified atom stereocenters. The van der Waals surface area contributed by atoms with Gasteiger partial charge in [-0.3, -0.25) is 0 Å². The Hall–Kier alpha value is -1.95. The van der Waals surface area contributed by atoms with Crippen molar-refractivity contribution in [2.75, 3.05) is 0 Å². The Labute approximate surface area is 111 Å². The van der Waals surface area contributed by atoms with Crippen LogP contribution in [0.5, 0.6) is 0 Å². The highest BCUT2D eigenvalue weighted by molar-refractivity contribution is 6.31. The zero-order valence-corrected chi connectivity index (χ0v) is 10.4. The van der Waals surface area contributed by atoms with Crippen LogP contribution < -0.4 is 0 Å². The molecule has 0 saturated carbocycles. The van der Waals surface area contributed by atoms with Crippen LogP contribution in [0.25, 0.3) is 11.3 Å². The summed E-state index contributed by atoms with van der Waals surface area (Å²) in [7, 11) is 0. The molecule has 0 aliphatic rings. The Morgan fingerprint density at radius 1 is 1.47 bits per heavy atom. The van der Waals surface area contributed by atoms with Gasteiger partial charge in [0.1, 0.15) is 5.69 Å². The van der Waals surface area contributed by atoms with Crippen LogP contribution >= 0.6 is 11.6 Å². The van der Waals surface area contributed by atoms with Crippen molar-refractivity contribution in [1.82, 2.24) is 5.16 Å². The summed E-state index contributed by atoms with van der Waals surface area (Å²) in [4.78, 5) is 10.7. The van der Waals surface area contributed by atoms with E-state index < -0.39 is 23.2 Å². The molecular formula is C12H8ClF2NO3. The van der Waals surface area contributed by atoms with Crippen molar-refractivity contribution in [1.29, 1.82) is 0 Å². The van der Waals surface area contributed by atoms with E-state index in [1.165, 1.54) is 18.2 Å². The van der Waals surface area contributed by atoms with Gasteiger partial charge in [-0.2, -0.15) is 0 Å². The zero-order chi connectivity index (χ0) is 14.2. The molecule has 1 N–H and O–H groups in total. The molecule has 2 rings (SSSR count). The van der Waals surface area contributed by atoms with E-state index >= 15 is 0 Å². The molecule has 2 aromatic rings. The molecule has 0 amide bonds. The minimum absolute atomic E-state index is 0.00331. The van der Waals surface area contributed by atoms with Crippen LogP contribution in [0.1, 0.15) is 23.0 Å². The minimum atomic E-state index is -3.18. The van der Waals surface area contributed by atoms with E-state index in [0.29, 0.717) is 6.92 Å². The molecule has 7 heteroatoms. The quantitative estimate of drug-likeness (QED) is 0.932. The monoisotopic (exact) mass is 287 g/mol. The molecule has 1 heterocycles. The molecule has 0 aliphatic heterocycles. The third-order valence-corrected chi connectivity index (χ3v) is 2.76. The molecule has 0 aliphatic carbocycles. The normalized spacial score (nSPS) is 11.6. The fourth-order valence-corrected chi connectivity index (χ4v) is 2.03. The highest BCUT2D eigenvalue weighted by Gasteiger charge is 2.31. The van der Waals surface area contributed by atoms with Crippen LogP contribution in [0.2, 0.25) is 5.02 Å². The number of carbonyl (C=O) groups is 1. The average molecular weight is 288 g/mol. The van der Waals surface area contributed by atoms with Gasteiger partial charge < -0.3 is 9.63 Å². The maximum Gasteiger partial charge on any atom is 0.374 e. The molecule has 4 nitrogen and oxygen atoms in total. The highest BCUT2D eigenvalue weighted by atomic mass is 35.5. The second kappa shape index (κ2) is 4.62. The summed E-state index contributed by atoms with van der Waals surface area (Å²) < 4.78 is 31.7. The van der Waals surface area contributed by atoms with E-state index in [9.17, 15) is 13.6 Å². The van der Waals surface area contributed by atoms with Gasteiger partial charge in [0.05, 0.1) is 5.02 Å². The number of hydrogen-bond acceptors (Lipinski definition) is 3. The molecule has 0 radical (unpaired) electrons. The summed E-state index contributed by atoms with van der Waals surface area (Å²) >= 11 is 5.78. The van der Waals surface area contributed by atoms with Crippen LogP contribution in [0, 0.1) is 0 Å². The topological polar surface area (TPSA) is 63.3 Å². The summed E-state index contributed by atoms with van der Waals surface area (Å²) in [6.45, 7) is 0.704. The Kier molecular flexibility index (Phi) is 3.28. The Morgan fingerprint density at radius 2 is 2.16 bits per heavy atom. The summed E-state index contributed by atoms with van der Waals surface area (Å²) in [5.41, 5.74) is -0.380. The highest BCUT2D eigenvalue weighted by Crippen LogP contribution is 2.39. The number of aromatic nitrogens is 1. The molecule has 0 fully saturated rings. The van der Waals surface area contributed by atoms with Crippen LogP contribution in [0.4, 0.5) is 8.78 Å². The van der Waals surface area contributed by atoms with Crippen molar-refractivity contribution < 1.29 is 23.2 Å². The van der Waals surface area contributed by atoms with Gasteiger partial charge in [0.25, 0.3) is 5.92 Å². The van der Waals surface area contributed by atoms with E-state index in [1.807, 2.05) is 0 Å². The lowest BCUT2D eigenvalue weighted by Crippen LogP contribution is -2.10. The smallest absolute Gasteiger partial charge is 0.374 e. The Balaban J connectivity index is 2.62. The van der Waals surface area contributed by atoms with Crippen molar-refractivity contribution in [3.05, 3.63) is 40.6 Å². The molecular weight excluding hydrogens is 280 g/mol. The third-order valence-electron chi connectivity index (χ3n) is 2.45. The van der Waals surface area contributed by atoms with E-state index in [4.69, 9.17) is 16.7 Å². The van der Waals surface area contributed by atoms with Crippen molar-refractivity contribution in [2.45, 2.75) is 12.8 Å². The van der Waals surface area contributed by atoms with Gasteiger partial charge >= 0.3 is 5.97 Å². The molecule has 0 spiro atoms. The fourth-order valence-electron chi connectivity index (χ4n) is 1.69. The van der Waals surface area contributed by atoms with Crippen LogP contribution in [-0.4, -0.2) is 16.2 Å². The molecule has 1 aromatic heterocycles. The first-order valence-corrected chi connectivity index (χ1v) is 5.55. The number of carboxylic acids is 1. The molecule has 100 valence electrons. The second-order valence-electron chi connectivity index (χ2n) is 3.93. The van der Waals surface area contributed by atoms with Gasteiger partial charge in [-0.1, -0.05) is 28.9 Å². The Morgan fingerprint density at radius 3 is 2.68 bits per heavy atom. The van der Waals surface area contributed by atoms with E-state index in [-0.39, 0.29) is 16.3 Å². The van der Waals surface area contributed by atoms with Gasteiger partial charge in [0.2, 0.25) is 5.76 Å². The van der Waals surface area contributed by atoms with Crippen molar-refractivity contribution in [3.8, 4) is 11.3 Å². The predicted octanol–water partition coefficient (Wildman–Crippen LogP) is 3.80. The molecule has 0 saturated heterocycles. The van der Waals surface area contributed by atoms with Gasteiger partial charge in [-0.05, 0) is 6.07 Å².